The third kappa shape index (κ3) is 5.80. The van der Waals surface area contributed by atoms with Gasteiger partial charge in [-0.25, -0.2) is 0 Å². The molecule has 27 heteroatoms. The summed E-state index contributed by atoms with van der Waals surface area (Å²) in [6.45, 7) is -1.40. The maximum Gasteiger partial charge on any atom is 0.460 e. The van der Waals surface area contributed by atoms with Crippen LogP contribution in [-0.4, -0.2) is 71.6 Å². The zero-order valence-electron chi connectivity index (χ0n) is 20.4. The van der Waals surface area contributed by atoms with Crippen molar-refractivity contribution >= 4 is 0 Å². The summed E-state index contributed by atoms with van der Waals surface area (Å²) in [6, 6.07) is 0. The van der Waals surface area contributed by atoms with Gasteiger partial charge in [-0.2, -0.15) is 114 Å². The van der Waals surface area contributed by atoms with Crippen LogP contribution >= 0.6 is 0 Å². The van der Waals surface area contributed by atoms with E-state index in [9.17, 15) is 114 Å². The van der Waals surface area contributed by atoms with E-state index in [4.69, 9.17) is 0 Å². The van der Waals surface area contributed by atoms with E-state index in [1.807, 2.05) is 0 Å². The molecule has 0 aliphatic carbocycles. The number of hydrogen-bond acceptors (Lipinski definition) is 1. The molecule has 0 aromatic heterocycles. The minimum absolute atomic E-state index is 0.701. The lowest BCUT2D eigenvalue weighted by molar-refractivity contribution is -0.437. The predicted molar refractivity (Wildman–Crippen MR) is 90.2 cm³/mol. The lowest BCUT2D eigenvalue weighted by Gasteiger charge is -2.40. The van der Waals surface area contributed by atoms with Crippen LogP contribution in [0.1, 0.15) is 13.8 Å². The predicted octanol–water partition coefficient (Wildman–Crippen LogP) is 10.3. The summed E-state index contributed by atoms with van der Waals surface area (Å²) in [5.41, 5.74) is -6.14. The molecule has 268 valence electrons. The van der Waals surface area contributed by atoms with E-state index < -0.39 is 109 Å². The largest absolute Gasteiger partial charge is 0.472 e. The zero-order valence-corrected chi connectivity index (χ0v) is 20.4. The first-order valence-electron chi connectivity index (χ1n) is 9.96. The molecular formula is C18H8F26O. The summed E-state index contributed by atoms with van der Waals surface area (Å²) in [5, 5.41) is 0. The van der Waals surface area contributed by atoms with E-state index in [0.29, 0.717) is 0 Å². The smallest absolute Gasteiger partial charge is 0.460 e. The summed E-state index contributed by atoms with van der Waals surface area (Å²) >= 11 is 0. The number of rotatable bonds is 12. The lowest BCUT2D eigenvalue weighted by atomic mass is 9.91. The summed E-state index contributed by atoms with van der Waals surface area (Å²) in [4.78, 5) is 0. The number of halogens is 26. The standard InChI is InChI=1S/C18H8F26O/c1-5(7(19,20)9(23,24)11(27,28)13(31,32)15(35,36)17(39,40)41)3-45-4-6(2)8(21,22)10(25,26)12(29,30)14(33,34)16(37,38)18(42,43)44/h3-4H,1-2H3. The molecule has 0 unspecified atom stereocenters. The van der Waals surface area contributed by atoms with Crippen LogP contribution in [0.3, 0.4) is 0 Å². The highest BCUT2D eigenvalue weighted by molar-refractivity contribution is 5.22. The van der Waals surface area contributed by atoms with E-state index in [2.05, 4.69) is 4.74 Å². The summed E-state index contributed by atoms with van der Waals surface area (Å²) < 4.78 is 344. The van der Waals surface area contributed by atoms with Crippen LogP contribution in [0, 0.1) is 0 Å². The molecule has 0 N–H and O–H groups in total. The number of hydrogen-bond donors (Lipinski definition) is 0. The molecule has 0 saturated heterocycles. The Kier molecular flexibility index (Phi) is 10.4. The molecule has 0 saturated carbocycles. The zero-order chi connectivity index (χ0) is 37.3. The van der Waals surface area contributed by atoms with Gasteiger partial charge >= 0.3 is 71.6 Å². The van der Waals surface area contributed by atoms with Gasteiger partial charge < -0.3 is 4.74 Å². The fourth-order valence-corrected chi connectivity index (χ4v) is 2.42. The first-order chi connectivity index (χ1) is 19.0. The second-order valence-electron chi connectivity index (χ2n) is 8.48. The molecule has 1 nitrogen and oxygen atoms in total. The molecule has 0 heterocycles. The van der Waals surface area contributed by atoms with Gasteiger partial charge in [0.05, 0.1) is 12.5 Å². The van der Waals surface area contributed by atoms with Crippen molar-refractivity contribution in [3.05, 3.63) is 23.7 Å². The molecule has 0 rings (SSSR count). The Morgan fingerprint density at radius 2 is 0.489 bits per heavy atom. The normalized spacial score (nSPS) is 17.2. The van der Waals surface area contributed by atoms with Crippen LogP contribution in [-0.2, 0) is 4.74 Å². The molecule has 45 heavy (non-hydrogen) atoms. The van der Waals surface area contributed by atoms with Crippen LogP contribution in [0.25, 0.3) is 0 Å². The van der Waals surface area contributed by atoms with Crippen LogP contribution < -0.4 is 0 Å². The molecule has 0 aliphatic rings. The lowest BCUT2D eigenvalue weighted by Crippen LogP contribution is -2.70. The molecule has 0 radical (unpaired) electrons. The van der Waals surface area contributed by atoms with Crippen molar-refractivity contribution in [2.75, 3.05) is 0 Å². The molecule has 0 aliphatic heterocycles. The highest BCUT2D eigenvalue weighted by Gasteiger charge is 2.92. The maximum absolute atomic E-state index is 13.9. The fourth-order valence-electron chi connectivity index (χ4n) is 2.42. The molecule has 0 atom stereocenters. The Bertz CT molecular complexity index is 1040. The van der Waals surface area contributed by atoms with Crippen molar-refractivity contribution in [2.24, 2.45) is 0 Å². The Hall–Kier alpha value is -2.54. The van der Waals surface area contributed by atoms with Gasteiger partial charge in [-0.05, 0) is 13.8 Å². The number of alkyl halides is 26. The van der Waals surface area contributed by atoms with Gasteiger partial charge in [-0.15, -0.1) is 0 Å². The van der Waals surface area contributed by atoms with Crippen LogP contribution in [0.5, 0.6) is 0 Å². The van der Waals surface area contributed by atoms with E-state index >= 15 is 0 Å². The molecule has 0 aromatic carbocycles. The Balaban J connectivity index is 6.67. The maximum atomic E-state index is 13.9. The van der Waals surface area contributed by atoms with Gasteiger partial charge in [0.25, 0.3) is 0 Å². The molecule has 0 amide bonds. The SMILES string of the molecule is CC(=COC=C(C)C(F)(F)C(F)(F)C(F)(F)C(F)(F)C(F)(F)C(F)(F)F)C(F)(F)C(F)(F)C(F)(F)C(F)(F)C(F)(F)C(F)(F)F. The van der Waals surface area contributed by atoms with Gasteiger partial charge in [-0.3, -0.25) is 0 Å². The van der Waals surface area contributed by atoms with Crippen molar-refractivity contribution in [2.45, 2.75) is 85.4 Å². The van der Waals surface area contributed by atoms with E-state index in [-0.39, 0.29) is 0 Å². The molecular weight excluding hydrogens is 726 g/mol. The summed E-state index contributed by atoms with van der Waals surface area (Å²) in [5.74, 6) is -80.1. The Morgan fingerprint density at radius 1 is 0.311 bits per heavy atom. The first kappa shape index (κ1) is 42.5. The Labute approximate surface area is 229 Å². The van der Waals surface area contributed by atoms with Crippen molar-refractivity contribution < 1.29 is 119 Å². The third-order valence-electron chi connectivity index (χ3n) is 5.35. The summed E-state index contributed by atoms with van der Waals surface area (Å²) in [7, 11) is 0. The topological polar surface area (TPSA) is 9.23 Å². The minimum Gasteiger partial charge on any atom is -0.472 e. The van der Waals surface area contributed by atoms with E-state index in [1.165, 1.54) is 0 Å². The molecule has 0 aromatic rings. The van der Waals surface area contributed by atoms with Crippen LogP contribution in [0.4, 0.5) is 114 Å². The monoisotopic (exact) mass is 734 g/mol. The van der Waals surface area contributed by atoms with Crippen molar-refractivity contribution in [1.82, 2.24) is 0 Å². The molecule has 0 bridgehead atoms. The van der Waals surface area contributed by atoms with E-state index in [0.717, 1.165) is 0 Å². The Morgan fingerprint density at radius 3 is 0.667 bits per heavy atom. The van der Waals surface area contributed by atoms with Crippen molar-refractivity contribution in [3.8, 4) is 0 Å². The van der Waals surface area contributed by atoms with Gasteiger partial charge in [0.2, 0.25) is 0 Å². The number of ether oxygens (including phenoxy) is 1. The first-order valence-corrected chi connectivity index (χ1v) is 9.96. The summed E-state index contributed by atoms with van der Waals surface area (Å²) in [6.07, 6.45) is -18.3. The molecule has 0 fully saturated rings. The van der Waals surface area contributed by atoms with Crippen LogP contribution in [0.2, 0.25) is 0 Å². The average molecular weight is 734 g/mol. The minimum atomic E-state index is -8.40. The highest BCUT2D eigenvalue weighted by atomic mass is 19.4. The quantitative estimate of drug-likeness (QED) is 0.143. The van der Waals surface area contributed by atoms with Gasteiger partial charge in [-0.1, -0.05) is 0 Å². The third-order valence-corrected chi connectivity index (χ3v) is 5.35. The number of allylic oxidation sites excluding steroid dienone is 2. The van der Waals surface area contributed by atoms with Gasteiger partial charge in [0.1, 0.15) is 0 Å². The van der Waals surface area contributed by atoms with Crippen molar-refractivity contribution in [3.63, 3.8) is 0 Å². The fraction of sp³-hybridized carbons (Fsp3) is 0.778. The second-order valence-corrected chi connectivity index (χ2v) is 8.48. The van der Waals surface area contributed by atoms with E-state index in [1.54, 1.807) is 0 Å². The van der Waals surface area contributed by atoms with Crippen LogP contribution in [0.15, 0.2) is 23.7 Å². The highest BCUT2D eigenvalue weighted by Crippen LogP contribution is 2.63. The van der Waals surface area contributed by atoms with Gasteiger partial charge in [0.15, 0.2) is 0 Å². The van der Waals surface area contributed by atoms with Gasteiger partial charge in [0, 0.05) is 11.1 Å². The molecule has 0 spiro atoms. The second kappa shape index (κ2) is 11.0. The average Bonchev–Trinajstić information content (AvgIpc) is 2.81. The van der Waals surface area contributed by atoms with Crippen molar-refractivity contribution in [1.29, 1.82) is 0 Å².